The van der Waals surface area contributed by atoms with Gasteiger partial charge in [-0.3, -0.25) is 4.21 Å². The summed E-state index contributed by atoms with van der Waals surface area (Å²) in [5.41, 5.74) is 0.730. The number of nitrogens with one attached hydrogen (secondary N) is 1. The molecule has 0 saturated carbocycles. The lowest BCUT2D eigenvalue weighted by molar-refractivity contribution is 0.0690. The van der Waals surface area contributed by atoms with Crippen molar-refractivity contribution < 1.29 is 14.1 Å². The number of aromatic carboxylic acids is 1. The standard InChI is InChI=1S/C11H16N2O3S/c1-8(4-6-17(2)16)13-9-3-5-12-10(7-9)11(14)15/h3,5,7-8H,4,6H2,1-2H3,(H,12,13)(H,14,15). The summed E-state index contributed by atoms with van der Waals surface area (Å²) in [5.74, 6) is -0.415. The van der Waals surface area contributed by atoms with E-state index in [0.29, 0.717) is 11.4 Å². The smallest absolute Gasteiger partial charge is 0.354 e. The van der Waals surface area contributed by atoms with Gasteiger partial charge in [-0.25, -0.2) is 9.78 Å². The van der Waals surface area contributed by atoms with Crippen LogP contribution in [0.4, 0.5) is 5.69 Å². The molecule has 0 saturated heterocycles. The van der Waals surface area contributed by atoms with Gasteiger partial charge in [-0.15, -0.1) is 0 Å². The van der Waals surface area contributed by atoms with E-state index in [2.05, 4.69) is 10.3 Å². The second-order valence-corrected chi connectivity index (χ2v) is 5.40. The fourth-order valence-corrected chi connectivity index (χ4v) is 2.02. The predicted molar refractivity (Wildman–Crippen MR) is 67.8 cm³/mol. The van der Waals surface area contributed by atoms with Crippen molar-refractivity contribution in [1.82, 2.24) is 4.98 Å². The molecule has 0 bridgehead atoms. The molecular formula is C11H16N2O3S. The van der Waals surface area contributed by atoms with Crippen LogP contribution in [0.3, 0.4) is 0 Å². The molecule has 1 heterocycles. The van der Waals surface area contributed by atoms with E-state index in [4.69, 9.17) is 5.11 Å². The number of pyridine rings is 1. The van der Waals surface area contributed by atoms with Crippen molar-refractivity contribution in [2.24, 2.45) is 0 Å². The Morgan fingerprint density at radius 2 is 2.35 bits per heavy atom. The van der Waals surface area contributed by atoms with E-state index < -0.39 is 16.8 Å². The summed E-state index contributed by atoms with van der Waals surface area (Å²) < 4.78 is 10.9. The van der Waals surface area contributed by atoms with Gasteiger partial charge in [0.15, 0.2) is 0 Å². The molecule has 1 aromatic heterocycles. The first-order valence-corrected chi connectivity index (χ1v) is 6.97. The lowest BCUT2D eigenvalue weighted by Gasteiger charge is -2.14. The highest BCUT2D eigenvalue weighted by Crippen LogP contribution is 2.10. The first kappa shape index (κ1) is 13.6. The van der Waals surface area contributed by atoms with E-state index >= 15 is 0 Å². The second kappa shape index (κ2) is 6.34. The molecule has 0 amide bonds. The van der Waals surface area contributed by atoms with E-state index in [9.17, 15) is 9.00 Å². The second-order valence-electron chi connectivity index (χ2n) is 3.85. The molecular weight excluding hydrogens is 240 g/mol. The van der Waals surface area contributed by atoms with Crippen molar-refractivity contribution in [3.8, 4) is 0 Å². The molecule has 5 nitrogen and oxygen atoms in total. The van der Waals surface area contributed by atoms with Crippen LogP contribution >= 0.6 is 0 Å². The maximum absolute atomic E-state index is 10.9. The first-order chi connectivity index (χ1) is 7.99. The quantitative estimate of drug-likeness (QED) is 0.803. The number of anilines is 1. The van der Waals surface area contributed by atoms with Gasteiger partial charge < -0.3 is 10.4 Å². The zero-order valence-corrected chi connectivity index (χ0v) is 10.7. The Labute approximate surface area is 103 Å². The maximum atomic E-state index is 10.9. The van der Waals surface area contributed by atoms with Gasteiger partial charge in [0.05, 0.1) is 0 Å². The van der Waals surface area contributed by atoms with Crippen LogP contribution in [0.25, 0.3) is 0 Å². The molecule has 94 valence electrons. The molecule has 2 atom stereocenters. The van der Waals surface area contributed by atoms with Crippen molar-refractivity contribution >= 4 is 22.5 Å². The first-order valence-electron chi connectivity index (χ1n) is 5.25. The Hall–Kier alpha value is -1.43. The fraction of sp³-hybridized carbons (Fsp3) is 0.455. The highest BCUT2D eigenvalue weighted by molar-refractivity contribution is 7.84. The van der Waals surface area contributed by atoms with E-state index in [-0.39, 0.29) is 11.7 Å². The van der Waals surface area contributed by atoms with E-state index in [1.165, 1.54) is 12.3 Å². The molecule has 6 heteroatoms. The number of hydrogen-bond donors (Lipinski definition) is 2. The number of carbonyl (C=O) groups is 1. The van der Waals surface area contributed by atoms with Gasteiger partial charge in [0, 0.05) is 40.7 Å². The average molecular weight is 256 g/mol. The number of rotatable bonds is 6. The molecule has 0 aliphatic heterocycles. The number of carboxylic acid groups (broad SMARTS) is 1. The van der Waals surface area contributed by atoms with Crippen LogP contribution in [0, 0.1) is 0 Å². The zero-order chi connectivity index (χ0) is 12.8. The normalized spacial score (nSPS) is 14.0. The number of nitrogens with zero attached hydrogens (tertiary/aromatic N) is 1. The third kappa shape index (κ3) is 4.95. The summed E-state index contributed by atoms with van der Waals surface area (Å²) in [6.07, 6.45) is 3.89. The molecule has 0 aliphatic rings. The van der Waals surface area contributed by atoms with Crippen LogP contribution in [0.5, 0.6) is 0 Å². The van der Waals surface area contributed by atoms with Crippen molar-refractivity contribution in [1.29, 1.82) is 0 Å². The summed E-state index contributed by atoms with van der Waals surface area (Å²) in [6.45, 7) is 1.97. The number of aromatic nitrogens is 1. The molecule has 0 fully saturated rings. The fourth-order valence-electron chi connectivity index (χ4n) is 1.34. The van der Waals surface area contributed by atoms with Gasteiger partial charge in [-0.2, -0.15) is 0 Å². The van der Waals surface area contributed by atoms with E-state index in [1.807, 2.05) is 6.92 Å². The summed E-state index contributed by atoms with van der Waals surface area (Å²) in [4.78, 5) is 14.5. The summed E-state index contributed by atoms with van der Waals surface area (Å²) in [7, 11) is -0.802. The van der Waals surface area contributed by atoms with Crippen LogP contribution in [0.15, 0.2) is 18.3 Å². The molecule has 1 rings (SSSR count). The maximum Gasteiger partial charge on any atom is 0.354 e. The highest BCUT2D eigenvalue weighted by atomic mass is 32.2. The van der Waals surface area contributed by atoms with Crippen LogP contribution in [-0.2, 0) is 10.8 Å². The molecule has 0 aliphatic carbocycles. The topological polar surface area (TPSA) is 79.3 Å². The molecule has 2 N–H and O–H groups in total. The van der Waals surface area contributed by atoms with Crippen molar-refractivity contribution in [2.45, 2.75) is 19.4 Å². The van der Waals surface area contributed by atoms with E-state index in [0.717, 1.165) is 6.42 Å². The van der Waals surface area contributed by atoms with Gasteiger partial charge in [0.1, 0.15) is 5.69 Å². The third-order valence-electron chi connectivity index (χ3n) is 2.23. The third-order valence-corrected chi connectivity index (χ3v) is 3.04. The number of hydrogen-bond acceptors (Lipinski definition) is 4. The van der Waals surface area contributed by atoms with Crippen LogP contribution in [0.2, 0.25) is 0 Å². The zero-order valence-electron chi connectivity index (χ0n) is 9.84. The lowest BCUT2D eigenvalue weighted by Crippen LogP contribution is -2.18. The molecule has 0 spiro atoms. The Bertz CT molecular complexity index is 423. The monoisotopic (exact) mass is 256 g/mol. The minimum Gasteiger partial charge on any atom is -0.477 e. The van der Waals surface area contributed by atoms with Gasteiger partial charge in [0.25, 0.3) is 0 Å². The minimum atomic E-state index is -1.05. The summed E-state index contributed by atoms with van der Waals surface area (Å²) in [6, 6.07) is 3.34. The molecule has 0 aromatic carbocycles. The van der Waals surface area contributed by atoms with Crippen LogP contribution < -0.4 is 5.32 Å². The summed E-state index contributed by atoms with van der Waals surface area (Å²) >= 11 is 0. The van der Waals surface area contributed by atoms with Crippen LogP contribution in [0.1, 0.15) is 23.8 Å². The molecule has 0 radical (unpaired) electrons. The average Bonchev–Trinajstić information content (AvgIpc) is 2.26. The largest absolute Gasteiger partial charge is 0.477 e. The molecule has 1 aromatic rings. The van der Waals surface area contributed by atoms with Crippen molar-refractivity contribution in [3.63, 3.8) is 0 Å². The summed E-state index contributed by atoms with van der Waals surface area (Å²) in [5, 5.41) is 11.9. The Morgan fingerprint density at radius 1 is 1.65 bits per heavy atom. The van der Waals surface area contributed by atoms with Crippen molar-refractivity contribution in [2.75, 3.05) is 17.3 Å². The highest BCUT2D eigenvalue weighted by Gasteiger charge is 2.07. The Morgan fingerprint density at radius 3 is 2.94 bits per heavy atom. The SMILES string of the molecule is CC(CCS(C)=O)Nc1ccnc(C(=O)O)c1. The Balaban J connectivity index is 2.58. The minimum absolute atomic E-state index is 0.0151. The molecule has 17 heavy (non-hydrogen) atoms. The van der Waals surface area contributed by atoms with Gasteiger partial charge in [-0.05, 0) is 25.5 Å². The predicted octanol–water partition coefficient (Wildman–Crippen LogP) is 1.35. The van der Waals surface area contributed by atoms with Gasteiger partial charge >= 0.3 is 5.97 Å². The van der Waals surface area contributed by atoms with Crippen LogP contribution in [-0.4, -0.2) is 38.3 Å². The van der Waals surface area contributed by atoms with E-state index in [1.54, 1.807) is 12.3 Å². The Kier molecular flexibility index (Phi) is 5.09. The van der Waals surface area contributed by atoms with Crippen molar-refractivity contribution in [3.05, 3.63) is 24.0 Å². The van der Waals surface area contributed by atoms with Gasteiger partial charge in [0.2, 0.25) is 0 Å². The number of carboxylic acids is 1. The molecule has 2 unspecified atom stereocenters. The van der Waals surface area contributed by atoms with Gasteiger partial charge in [-0.1, -0.05) is 0 Å². The lowest BCUT2D eigenvalue weighted by atomic mass is 10.2.